The quantitative estimate of drug-likeness (QED) is 0.527. The van der Waals surface area contributed by atoms with Crippen LogP contribution >= 0.6 is 15.9 Å². The number of nitrogens with zero attached hydrogens (tertiary/aromatic N) is 3. The van der Waals surface area contributed by atoms with E-state index in [0.717, 1.165) is 10.9 Å². The summed E-state index contributed by atoms with van der Waals surface area (Å²) in [6.45, 7) is 0. The van der Waals surface area contributed by atoms with Gasteiger partial charge in [0, 0.05) is 28.3 Å². The maximum absolute atomic E-state index is 11.1. The smallest absolute Gasteiger partial charge is 0.332 e. The van der Waals surface area contributed by atoms with Crippen molar-refractivity contribution >= 4 is 32.5 Å². The van der Waals surface area contributed by atoms with Gasteiger partial charge in [-0.1, -0.05) is 6.07 Å². The van der Waals surface area contributed by atoms with Gasteiger partial charge in [-0.2, -0.15) is 0 Å². The number of hydrogen-bond acceptors (Lipinski definition) is 5. The van der Waals surface area contributed by atoms with Gasteiger partial charge in [0.1, 0.15) is 5.75 Å². The largest absolute Gasteiger partial charge is 0.433 e. The third-order valence-electron chi connectivity index (χ3n) is 2.81. The third kappa shape index (κ3) is 2.68. The van der Waals surface area contributed by atoms with Crippen molar-refractivity contribution in [3.8, 4) is 11.6 Å². The van der Waals surface area contributed by atoms with E-state index in [9.17, 15) is 10.1 Å². The molecule has 21 heavy (non-hydrogen) atoms. The fourth-order valence-electron chi connectivity index (χ4n) is 1.89. The molecule has 0 bridgehead atoms. The van der Waals surface area contributed by atoms with Crippen molar-refractivity contribution in [1.82, 2.24) is 9.97 Å². The molecule has 0 unspecified atom stereocenters. The van der Waals surface area contributed by atoms with E-state index < -0.39 is 4.92 Å². The number of hydrogen-bond donors (Lipinski definition) is 0. The van der Waals surface area contributed by atoms with Crippen LogP contribution in [0.5, 0.6) is 11.6 Å². The first-order valence-corrected chi connectivity index (χ1v) is 6.76. The first-order valence-electron chi connectivity index (χ1n) is 5.96. The van der Waals surface area contributed by atoms with Crippen molar-refractivity contribution in [2.75, 3.05) is 0 Å². The Labute approximate surface area is 127 Å². The molecule has 7 heteroatoms. The Balaban J connectivity index is 2.09. The highest BCUT2D eigenvalue weighted by atomic mass is 79.9. The van der Waals surface area contributed by atoms with Crippen molar-refractivity contribution in [1.29, 1.82) is 0 Å². The number of fused-ring (bicyclic) bond motifs is 1. The molecule has 0 atom stereocenters. The van der Waals surface area contributed by atoms with Crippen LogP contribution in [0.2, 0.25) is 0 Å². The van der Waals surface area contributed by atoms with Crippen LogP contribution in [0.3, 0.4) is 0 Å². The lowest BCUT2D eigenvalue weighted by Crippen LogP contribution is -1.96. The lowest BCUT2D eigenvalue weighted by molar-refractivity contribution is -0.386. The monoisotopic (exact) mass is 345 g/mol. The summed E-state index contributed by atoms with van der Waals surface area (Å²) in [6.07, 6.45) is 3.12. The molecule has 3 aromatic rings. The second-order valence-corrected chi connectivity index (χ2v) is 5.08. The van der Waals surface area contributed by atoms with Crippen molar-refractivity contribution < 1.29 is 9.66 Å². The summed E-state index contributed by atoms with van der Waals surface area (Å²) >= 11 is 3.16. The second kappa shape index (κ2) is 5.45. The predicted molar refractivity (Wildman–Crippen MR) is 80.4 cm³/mol. The van der Waals surface area contributed by atoms with E-state index in [1.54, 1.807) is 24.4 Å². The first kappa shape index (κ1) is 13.4. The Bertz CT molecular complexity index is 833. The topological polar surface area (TPSA) is 78.2 Å². The summed E-state index contributed by atoms with van der Waals surface area (Å²) in [5.41, 5.74) is 0.542. The lowest BCUT2D eigenvalue weighted by Gasteiger charge is -2.08. The molecule has 3 rings (SSSR count). The zero-order valence-electron chi connectivity index (χ0n) is 10.6. The van der Waals surface area contributed by atoms with Gasteiger partial charge in [0.2, 0.25) is 0 Å². The Hall–Kier alpha value is -2.54. The standard InChI is InChI=1S/C14H8BrN3O3/c15-9-7-12(18(19)20)14(17-8-9)21-13-5-1-4-11-10(13)3-2-6-16-11/h1-8H. The van der Waals surface area contributed by atoms with Gasteiger partial charge in [-0.3, -0.25) is 15.1 Å². The van der Waals surface area contributed by atoms with Crippen LogP contribution in [0.25, 0.3) is 10.9 Å². The van der Waals surface area contributed by atoms with Gasteiger partial charge in [-0.25, -0.2) is 4.98 Å². The second-order valence-electron chi connectivity index (χ2n) is 4.16. The van der Waals surface area contributed by atoms with Gasteiger partial charge in [-0.15, -0.1) is 0 Å². The number of pyridine rings is 2. The number of aromatic nitrogens is 2. The molecule has 0 N–H and O–H groups in total. The first-order chi connectivity index (χ1) is 10.1. The van der Waals surface area contributed by atoms with E-state index >= 15 is 0 Å². The third-order valence-corrected chi connectivity index (χ3v) is 3.24. The molecule has 2 aromatic heterocycles. The maximum Gasteiger partial charge on any atom is 0.332 e. The van der Waals surface area contributed by atoms with Crippen LogP contribution in [-0.2, 0) is 0 Å². The summed E-state index contributed by atoms with van der Waals surface area (Å²) in [7, 11) is 0. The molecule has 0 radical (unpaired) electrons. The molecule has 1 aromatic carbocycles. The normalized spacial score (nSPS) is 10.5. The number of halogens is 1. The van der Waals surface area contributed by atoms with Crippen LogP contribution in [0.15, 0.2) is 53.3 Å². The summed E-state index contributed by atoms with van der Waals surface area (Å²) < 4.78 is 6.14. The van der Waals surface area contributed by atoms with Crippen molar-refractivity contribution in [3.63, 3.8) is 0 Å². The minimum atomic E-state index is -0.531. The van der Waals surface area contributed by atoms with Gasteiger partial charge in [0.05, 0.1) is 10.4 Å². The van der Waals surface area contributed by atoms with Crippen molar-refractivity contribution in [2.24, 2.45) is 0 Å². The highest BCUT2D eigenvalue weighted by molar-refractivity contribution is 9.10. The molecular formula is C14H8BrN3O3. The molecule has 0 saturated heterocycles. The van der Waals surface area contributed by atoms with Crippen molar-refractivity contribution in [2.45, 2.75) is 0 Å². The summed E-state index contributed by atoms with van der Waals surface area (Å²) in [4.78, 5) is 18.7. The molecule has 0 aliphatic carbocycles. The maximum atomic E-state index is 11.1. The molecule has 0 amide bonds. The van der Waals surface area contributed by atoms with Crippen LogP contribution < -0.4 is 4.74 Å². The Morgan fingerprint density at radius 3 is 2.86 bits per heavy atom. The van der Waals surface area contributed by atoms with E-state index in [1.807, 2.05) is 12.1 Å². The fourth-order valence-corrected chi connectivity index (χ4v) is 2.21. The minimum Gasteiger partial charge on any atom is -0.433 e. The number of ether oxygens (including phenoxy) is 1. The van der Waals surface area contributed by atoms with Gasteiger partial charge >= 0.3 is 5.69 Å². The zero-order valence-corrected chi connectivity index (χ0v) is 12.1. The van der Waals surface area contributed by atoms with Gasteiger partial charge in [-0.05, 0) is 40.2 Å². The highest BCUT2D eigenvalue weighted by Gasteiger charge is 2.19. The molecule has 0 aliphatic rings. The van der Waals surface area contributed by atoms with Crippen LogP contribution in [0, 0.1) is 10.1 Å². The summed E-state index contributed by atoms with van der Waals surface area (Å²) in [5, 5.41) is 11.8. The highest BCUT2D eigenvalue weighted by Crippen LogP contribution is 2.34. The van der Waals surface area contributed by atoms with E-state index in [1.165, 1.54) is 12.3 Å². The molecule has 104 valence electrons. The van der Waals surface area contributed by atoms with E-state index in [4.69, 9.17) is 4.74 Å². The summed E-state index contributed by atoms with van der Waals surface area (Å²) in [5.74, 6) is 0.415. The van der Waals surface area contributed by atoms with E-state index in [-0.39, 0.29) is 11.6 Å². The molecule has 0 fully saturated rings. The number of benzene rings is 1. The molecule has 0 aliphatic heterocycles. The van der Waals surface area contributed by atoms with E-state index in [0.29, 0.717) is 10.2 Å². The average molecular weight is 346 g/mol. The Kier molecular flexibility index (Phi) is 3.49. The molecule has 2 heterocycles. The number of nitro groups is 1. The van der Waals surface area contributed by atoms with Gasteiger partial charge in [0.25, 0.3) is 5.88 Å². The minimum absolute atomic E-state index is 0.0560. The predicted octanol–water partition coefficient (Wildman–Crippen LogP) is 4.09. The summed E-state index contributed by atoms with van der Waals surface area (Å²) in [6, 6.07) is 10.3. The van der Waals surface area contributed by atoms with Gasteiger partial charge in [0.15, 0.2) is 0 Å². The Morgan fingerprint density at radius 2 is 2.05 bits per heavy atom. The SMILES string of the molecule is O=[N+]([O-])c1cc(Br)cnc1Oc1cccc2ncccc12. The molecule has 0 spiro atoms. The van der Waals surface area contributed by atoms with Gasteiger partial charge < -0.3 is 4.74 Å². The van der Waals surface area contributed by atoms with Crippen LogP contribution in [0.4, 0.5) is 5.69 Å². The lowest BCUT2D eigenvalue weighted by atomic mass is 10.2. The van der Waals surface area contributed by atoms with Crippen molar-refractivity contribution in [3.05, 3.63) is 63.4 Å². The molecular weight excluding hydrogens is 338 g/mol. The van der Waals surface area contributed by atoms with Crippen LogP contribution in [0.1, 0.15) is 0 Å². The fraction of sp³-hybridized carbons (Fsp3) is 0. The average Bonchev–Trinajstić information content (AvgIpc) is 2.49. The Morgan fingerprint density at radius 1 is 1.19 bits per heavy atom. The molecule has 0 saturated carbocycles. The van der Waals surface area contributed by atoms with Crippen LogP contribution in [-0.4, -0.2) is 14.9 Å². The zero-order chi connectivity index (χ0) is 14.8. The number of rotatable bonds is 3. The molecule has 6 nitrogen and oxygen atoms in total. The van der Waals surface area contributed by atoms with E-state index in [2.05, 4.69) is 25.9 Å².